The van der Waals surface area contributed by atoms with Gasteiger partial charge in [-0.25, -0.2) is 0 Å². The number of hydrogen-bond acceptors (Lipinski definition) is 3. The third-order valence-electron chi connectivity index (χ3n) is 6.84. The van der Waals surface area contributed by atoms with E-state index in [1.165, 1.54) is 24.0 Å². The Labute approximate surface area is 149 Å². The largest absolute Gasteiger partial charge is 0.370 e. The van der Waals surface area contributed by atoms with Crippen LogP contribution >= 0.6 is 0 Å². The van der Waals surface area contributed by atoms with E-state index >= 15 is 0 Å². The summed E-state index contributed by atoms with van der Waals surface area (Å²) in [6.45, 7) is 6.11. The fourth-order valence-corrected chi connectivity index (χ4v) is 5.34. The van der Waals surface area contributed by atoms with E-state index in [0.29, 0.717) is 23.9 Å². The van der Waals surface area contributed by atoms with Crippen LogP contribution in [0.15, 0.2) is 24.3 Å². The van der Waals surface area contributed by atoms with E-state index in [-0.39, 0.29) is 11.5 Å². The van der Waals surface area contributed by atoms with Crippen molar-refractivity contribution in [2.75, 3.05) is 19.6 Å². The molecule has 1 aromatic rings. The van der Waals surface area contributed by atoms with Crippen molar-refractivity contribution >= 4 is 5.91 Å². The van der Waals surface area contributed by atoms with Gasteiger partial charge in [0.2, 0.25) is 5.91 Å². The molecule has 0 unspecified atom stereocenters. The predicted octanol–water partition coefficient (Wildman–Crippen LogP) is 2.50. The van der Waals surface area contributed by atoms with E-state index in [0.717, 1.165) is 39.0 Å². The number of fused-ring (bicyclic) bond motifs is 1. The molecule has 4 fully saturated rings. The van der Waals surface area contributed by atoms with E-state index in [1.54, 1.807) is 0 Å². The van der Waals surface area contributed by atoms with Crippen LogP contribution in [0.2, 0.25) is 0 Å². The molecule has 1 aromatic carbocycles. The standard InChI is InChI=1S/C21H28N2O2/c1-14-2-4-15(5-3-14)11-23-12-18-17(10-22-20(24)16-6-7-16)19-8-9-21(18,13-23)25-19/h2-5,16-19H,6-13H2,1H3,(H,22,24)/t17-,18+,19+,21+/m0/s1. The van der Waals surface area contributed by atoms with Gasteiger partial charge in [-0.2, -0.15) is 0 Å². The van der Waals surface area contributed by atoms with Crippen molar-refractivity contribution in [3.05, 3.63) is 35.4 Å². The average Bonchev–Trinajstić information content (AvgIpc) is 3.20. The monoisotopic (exact) mass is 340 g/mol. The molecule has 4 nitrogen and oxygen atoms in total. The first-order valence-electron chi connectivity index (χ1n) is 9.86. The van der Waals surface area contributed by atoms with Gasteiger partial charge in [0.15, 0.2) is 0 Å². The normalized spacial score (nSPS) is 36.6. The molecule has 1 aliphatic carbocycles. The van der Waals surface area contributed by atoms with Crippen molar-refractivity contribution in [1.29, 1.82) is 0 Å². The molecule has 3 saturated heterocycles. The fourth-order valence-electron chi connectivity index (χ4n) is 5.34. The Morgan fingerprint density at radius 2 is 2.08 bits per heavy atom. The summed E-state index contributed by atoms with van der Waals surface area (Å²) in [5.74, 6) is 1.65. The quantitative estimate of drug-likeness (QED) is 0.895. The van der Waals surface area contributed by atoms with Gasteiger partial charge in [-0.05, 0) is 38.2 Å². The second-order valence-electron chi connectivity index (χ2n) is 8.70. The van der Waals surface area contributed by atoms with E-state index < -0.39 is 0 Å². The minimum absolute atomic E-state index is 0.0599. The first-order chi connectivity index (χ1) is 12.1. The minimum atomic E-state index is 0.0599. The lowest BCUT2D eigenvalue weighted by molar-refractivity contribution is -0.122. The van der Waals surface area contributed by atoms with Crippen LogP contribution in [-0.4, -0.2) is 42.1 Å². The number of hydrogen-bond donors (Lipinski definition) is 1. The van der Waals surface area contributed by atoms with Gasteiger partial charge in [0.05, 0.1) is 11.7 Å². The Kier molecular flexibility index (Phi) is 3.68. The average molecular weight is 340 g/mol. The van der Waals surface area contributed by atoms with Gasteiger partial charge < -0.3 is 10.1 Å². The molecule has 3 aliphatic heterocycles. The van der Waals surface area contributed by atoms with Crippen LogP contribution in [0.3, 0.4) is 0 Å². The van der Waals surface area contributed by atoms with Crippen molar-refractivity contribution in [3.63, 3.8) is 0 Å². The summed E-state index contributed by atoms with van der Waals surface area (Å²) in [6, 6.07) is 8.88. The summed E-state index contributed by atoms with van der Waals surface area (Å²) in [5, 5.41) is 3.21. The third-order valence-corrected chi connectivity index (χ3v) is 6.84. The summed E-state index contributed by atoms with van der Waals surface area (Å²) in [7, 11) is 0. The number of rotatable bonds is 5. The predicted molar refractivity (Wildman–Crippen MR) is 96.0 cm³/mol. The van der Waals surface area contributed by atoms with Crippen LogP contribution < -0.4 is 5.32 Å². The smallest absolute Gasteiger partial charge is 0.223 e. The van der Waals surface area contributed by atoms with Crippen molar-refractivity contribution in [2.24, 2.45) is 17.8 Å². The van der Waals surface area contributed by atoms with Gasteiger partial charge in [-0.15, -0.1) is 0 Å². The molecule has 1 spiro atoms. The molecule has 1 saturated carbocycles. The number of carbonyl (C=O) groups is 1. The molecule has 1 N–H and O–H groups in total. The highest BCUT2D eigenvalue weighted by molar-refractivity contribution is 5.80. The number of likely N-dealkylation sites (tertiary alicyclic amines) is 1. The first kappa shape index (κ1) is 15.8. The molecule has 4 aliphatic rings. The van der Waals surface area contributed by atoms with Gasteiger partial charge in [-0.1, -0.05) is 29.8 Å². The molecule has 1 amide bonds. The molecule has 5 rings (SSSR count). The van der Waals surface area contributed by atoms with Crippen LogP contribution in [0, 0.1) is 24.7 Å². The number of benzene rings is 1. The Bertz CT molecular complexity index is 669. The minimum Gasteiger partial charge on any atom is -0.370 e. The molecule has 25 heavy (non-hydrogen) atoms. The van der Waals surface area contributed by atoms with Crippen LogP contribution in [0.1, 0.15) is 36.8 Å². The van der Waals surface area contributed by atoms with Crippen molar-refractivity contribution in [1.82, 2.24) is 10.2 Å². The van der Waals surface area contributed by atoms with Crippen LogP contribution in [0.4, 0.5) is 0 Å². The molecule has 4 heteroatoms. The number of aryl methyl sites for hydroxylation is 1. The summed E-state index contributed by atoms with van der Waals surface area (Å²) < 4.78 is 6.50. The third kappa shape index (κ3) is 2.80. The molecule has 3 heterocycles. The van der Waals surface area contributed by atoms with E-state index in [2.05, 4.69) is 41.4 Å². The van der Waals surface area contributed by atoms with E-state index in [4.69, 9.17) is 4.74 Å². The maximum Gasteiger partial charge on any atom is 0.223 e. The summed E-state index contributed by atoms with van der Waals surface area (Å²) in [6.07, 6.45) is 4.88. The lowest BCUT2D eigenvalue weighted by atomic mass is 9.73. The summed E-state index contributed by atoms with van der Waals surface area (Å²) in [5.41, 5.74) is 2.76. The second kappa shape index (κ2) is 5.82. The van der Waals surface area contributed by atoms with E-state index in [1.807, 2.05) is 0 Å². The Morgan fingerprint density at radius 1 is 1.28 bits per heavy atom. The molecular weight excluding hydrogens is 312 g/mol. The lowest BCUT2D eigenvalue weighted by Crippen LogP contribution is -2.42. The zero-order valence-electron chi connectivity index (χ0n) is 15.0. The molecular formula is C21H28N2O2. The van der Waals surface area contributed by atoms with Gasteiger partial charge in [-0.3, -0.25) is 9.69 Å². The Morgan fingerprint density at radius 3 is 2.84 bits per heavy atom. The lowest BCUT2D eigenvalue weighted by Gasteiger charge is -2.29. The maximum absolute atomic E-state index is 12.0. The molecule has 0 radical (unpaired) electrons. The number of ether oxygens (including phenoxy) is 1. The highest BCUT2D eigenvalue weighted by atomic mass is 16.5. The number of nitrogens with one attached hydrogen (secondary N) is 1. The van der Waals surface area contributed by atoms with Gasteiger partial charge >= 0.3 is 0 Å². The molecule has 0 aromatic heterocycles. The van der Waals surface area contributed by atoms with Gasteiger partial charge in [0, 0.05) is 43.9 Å². The zero-order valence-corrected chi connectivity index (χ0v) is 15.0. The summed E-state index contributed by atoms with van der Waals surface area (Å²) >= 11 is 0. The van der Waals surface area contributed by atoms with Crippen molar-refractivity contribution in [2.45, 2.75) is 50.9 Å². The van der Waals surface area contributed by atoms with Crippen molar-refractivity contribution < 1.29 is 9.53 Å². The fraction of sp³-hybridized carbons (Fsp3) is 0.667. The summed E-state index contributed by atoms with van der Waals surface area (Å²) in [4.78, 5) is 14.6. The number of amides is 1. The van der Waals surface area contributed by atoms with Gasteiger partial charge in [0.1, 0.15) is 0 Å². The van der Waals surface area contributed by atoms with Crippen molar-refractivity contribution in [3.8, 4) is 0 Å². The molecule has 4 atom stereocenters. The van der Waals surface area contributed by atoms with Crippen LogP contribution in [0.5, 0.6) is 0 Å². The topological polar surface area (TPSA) is 41.6 Å². The SMILES string of the molecule is Cc1ccc(CN2C[C@@H]3[C@H](CNC(=O)C4CC4)[C@H]4CC[C@]3(C2)O4)cc1. The Hall–Kier alpha value is -1.39. The van der Waals surface area contributed by atoms with Crippen LogP contribution in [-0.2, 0) is 16.1 Å². The van der Waals surface area contributed by atoms with E-state index in [9.17, 15) is 4.79 Å². The zero-order chi connectivity index (χ0) is 17.0. The number of carbonyl (C=O) groups excluding carboxylic acids is 1. The van der Waals surface area contributed by atoms with Crippen LogP contribution in [0.25, 0.3) is 0 Å². The highest BCUT2D eigenvalue weighted by Crippen LogP contribution is 2.54. The number of nitrogens with zero attached hydrogens (tertiary/aromatic N) is 1. The Balaban J connectivity index is 1.25. The molecule has 134 valence electrons. The second-order valence-corrected chi connectivity index (χ2v) is 8.70. The highest BCUT2D eigenvalue weighted by Gasteiger charge is 2.62. The molecule has 2 bridgehead atoms. The maximum atomic E-state index is 12.0. The van der Waals surface area contributed by atoms with Gasteiger partial charge in [0.25, 0.3) is 0 Å². The first-order valence-corrected chi connectivity index (χ1v) is 9.86.